The predicted octanol–water partition coefficient (Wildman–Crippen LogP) is 3.26. The van der Waals surface area contributed by atoms with Crippen molar-refractivity contribution in [1.82, 2.24) is 10.3 Å². The molecule has 2 N–H and O–H groups in total. The molecule has 0 aliphatic rings. The molecule has 0 atom stereocenters. The maximum atomic E-state index is 12.3. The fraction of sp³-hybridized carbons (Fsp3) is 0.316. The average molecular weight is 341 g/mol. The number of amides is 2. The molecule has 0 aliphatic heterocycles. The zero-order chi connectivity index (χ0) is 18.1. The first-order valence-corrected chi connectivity index (χ1v) is 8.33. The van der Waals surface area contributed by atoms with E-state index in [1.807, 2.05) is 0 Å². The van der Waals surface area contributed by atoms with Crippen molar-refractivity contribution in [3.05, 3.63) is 53.9 Å². The van der Waals surface area contributed by atoms with Gasteiger partial charge in [0.1, 0.15) is 11.4 Å². The lowest BCUT2D eigenvalue weighted by molar-refractivity contribution is 0.0953. The number of unbranched alkanes of at least 4 members (excludes halogenated alkanes) is 2. The third kappa shape index (κ3) is 5.60. The minimum Gasteiger partial charge on any atom is -0.497 e. The summed E-state index contributed by atoms with van der Waals surface area (Å²) in [6, 6.07) is 10.1. The number of ether oxygens (including phenoxy) is 1. The van der Waals surface area contributed by atoms with Crippen molar-refractivity contribution in [2.45, 2.75) is 26.2 Å². The second-order valence-corrected chi connectivity index (χ2v) is 5.58. The standard InChI is InChI=1S/C19H23N3O3/c1-3-4-5-11-21-18(23)14-10-12-20-17(13-14)19(24)22-15-6-8-16(25-2)9-7-15/h6-10,12-13H,3-5,11H2,1-2H3,(H,21,23)(H,22,24). The number of carbonyl (C=O) groups is 2. The average Bonchev–Trinajstić information content (AvgIpc) is 2.65. The van der Waals surface area contributed by atoms with E-state index in [0.717, 1.165) is 19.3 Å². The van der Waals surface area contributed by atoms with Crippen molar-refractivity contribution >= 4 is 17.5 Å². The Morgan fingerprint density at radius 1 is 1.08 bits per heavy atom. The molecule has 0 saturated heterocycles. The third-order valence-electron chi connectivity index (χ3n) is 3.67. The Labute approximate surface area is 147 Å². The van der Waals surface area contributed by atoms with Crippen LogP contribution in [0.3, 0.4) is 0 Å². The number of carbonyl (C=O) groups excluding carboxylic acids is 2. The lowest BCUT2D eigenvalue weighted by Gasteiger charge is -2.08. The van der Waals surface area contributed by atoms with Crippen LogP contribution in [0.25, 0.3) is 0 Å². The van der Waals surface area contributed by atoms with Gasteiger partial charge in [-0.1, -0.05) is 19.8 Å². The number of hydrogen-bond acceptors (Lipinski definition) is 4. The van der Waals surface area contributed by atoms with Crippen molar-refractivity contribution in [2.24, 2.45) is 0 Å². The van der Waals surface area contributed by atoms with Crippen molar-refractivity contribution < 1.29 is 14.3 Å². The Morgan fingerprint density at radius 3 is 2.52 bits per heavy atom. The number of hydrogen-bond donors (Lipinski definition) is 2. The highest BCUT2D eigenvalue weighted by atomic mass is 16.5. The van der Waals surface area contributed by atoms with Crippen LogP contribution < -0.4 is 15.4 Å². The van der Waals surface area contributed by atoms with E-state index < -0.39 is 0 Å². The van der Waals surface area contributed by atoms with Crippen molar-refractivity contribution in [1.29, 1.82) is 0 Å². The Kier molecular flexibility index (Phi) is 6.95. The second-order valence-electron chi connectivity index (χ2n) is 5.58. The molecule has 6 heteroatoms. The molecular weight excluding hydrogens is 318 g/mol. The molecule has 1 aromatic carbocycles. The van der Waals surface area contributed by atoms with Gasteiger partial charge in [-0.2, -0.15) is 0 Å². The summed E-state index contributed by atoms with van der Waals surface area (Å²) in [4.78, 5) is 28.5. The van der Waals surface area contributed by atoms with Gasteiger partial charge in [0.05, 0.1) is 7.11 Å². The van der Waals surface area contributed by atoms with Gasteiger partial charge in [0.15, 0.2) is 0 Å². The summed E-state index contributed by atoms with van der Waals surface area (Å²) in [5.41, 5.74) is 1.24. The molecule has 0 spiro atoms. The van der Waals surface area contributed by atoms with E-state index in [2.05, 4.69) is 22.5 Å². The van der Waals surface area contributed by atoms with Gasteiger partial charge < -0.3 is 15.4 Å². The van der Waals surface area contributed by atoms with E-state index in [9.17, 15) is 9.59 Å². The lowest BCUT2D eigenvalue weighted by atomic mass is 10.2. The van der Waals surface area contributed by atoms with Gasteiger partial charge in [0.25, 0.3) is 11.8 Å². The molecule has 132 valence electrons. The largest absolute Gasteiger partial charge is 0.497 e. The fourth-order valence-corrected chi connectivity index (χ4v) is 2.24. The zero-order valence-electron chi connectivity index (χ0n) is 14.5. The SMILES string of the molecule is CCCCCNC(=O)c1ccnc(C(=O)Nc2ccc(OC)cc2)c1. The Morgan fingerprint density at radius 2 is 1.84 bits per heavy atom. The summed E-state index contributed by atoms with van der Waals surface area (Å²) in [6.45, 7) is 2.74. The van der Waals surface area contributed by atoms with Gasteiger partial charge in [0, 0.05) is 24.0 Å². The number of rotatable bonds is 8. The van der Waals surface area contributed by atoms with E-state index >= 15 is 0 Å². The number of methoxy groups -OCH3 is 1. The Bertz CT molecular complexity index is 714. The molecule has 0 saturated carbocycles. The fourth-order valence-electron chi connectivity index (χ4n) is 2.24. The number of pyridine rings is 1. The molecule has 2 aromatic rings. The number of nitrogens with zero attached hydrogens (tertiary/aromatic N) is 1. The second kappa shape index (κ2) is 9.42. The Hall–Kier alpha value is -2.89. The van der Waals surface area contributed by atoms with Gasteiger partial charge in [0.2, 0.25) is 0 Å². The smallest absolute Gasteiger partial charge is 0.274 e. The van der Waals surface area contributed by atoms with Crippen LogP contribution in [0.15, 0.2) is 42.6 Å². The molecule has 0 bridgehead atoms. The third-order valence-corrected chi connectivity index (χ3v) is 3.67. The molecule has 2 amide bonds. The summed E-state index contributed by atoms with van der Waals surface area (Å²) >= 11 is 0. The van der Waals surface area contributed by atoms with Crippen LogP contribution in [0.5, 0.6) is 5.75 Å². The number of anilines is 1. The minimum absolute atomic E-state index is 0.192. The number of aromatic nitrogens is 1. The van der Waals surface area contributed by atoms with Gasteiger partial charge in [-0.25, -0.2) is 0 Å². The van der Waals surface area contributed by atoms with Crippen LogP contribution >= 0.6 is 0 Å². The van der Waals surface area contributed by atoms with E-state index in [-0.39, 0.29) is 17.5 Å². The van der Waals surface area contributed by atoms with Crippen molar-refractivity contribution in [2.75, 3.05) is 19.0 Å². The molecule has 0 unspecified atom stereocenters. The molecular formula is C19H23N3O3. The highest BCUT2D eigenvalue weighted by Gasteiger charge is 2.12. The number of nitrogens with one attached hydrogen (secondary N) is 2. The molecule has 2 rings (SSSR count). The molecule has 1 heterocycles. The van der Waals surface area contributed by atoms with E-state index in [1.165, 1.54) is 12.3 Å². The quantitative estimate of drug-likeness (QED) is 0.722. The van der Waals surface area contributed by atoms with Crippen LogP contribution in [0.1, 0.15) is 47.0 Å². The molecule has 0 radical (unpaired) electrons. The van der Waals surface area contributed by atoms with Crippen LogP contribution in [-0.2, 0) is 0 Å². The summed E-state index contributed by atoms with van der Waals surface area (Å²) in [7, 11) is 1.58. The molecule has 25 heavy (non-hydrogen) atoms. The predicted molar refractivity (Wildman–Crippen MR) is 97.0 cm³/mol. The molecule has 1 aromatic heterocycles. The van der Waals surface area contributed by atoms with Crippen molar-refractivity contribution in [3.8, 4) is 5.75 Å². The van der Waals surface area contributed by atoms with Crippen LogP contribution in [-0.4, -0.2) is 30.5 Å². The van der Waals surface area contributed by atoms with E-state index in [1.54, 1.807) is 37.4 Å². The van der Waals surface area contributed by atoms with Gasteiger partial charge in [-0.05, 0) is 42.8 Å². The molecule has 6 nitrogen and oxygen atoms in total. The summed E-state index contributed by atoms with van der Waals surface area (Å²) in [5, 5.41) is 5.60. The normalized spacial score (nSPS) is 10.2. The monoisotopic (exact) mass is 341 g/mol. The molecule has 0 fully saturated rings. The maximum absolute atomic E-state index is 12.3. The van der Waals surface area contributed by atoms with E-state index in [0.29, 0.717) is 23.5 Å². The van der Waals surface area contributed by atoms with Gasteiger partial charge in [-0.15, -0.1) is 0 Å². The minimum atomic E-state index is -0.370. The topological polar surface area (TPSA) is 80.3 Å². The van der Waals surface area contributed by atoms with Crippen molar-refractivity contribution in [3.63, 3.8) is 0 Å². The van der Waals surface area contributed by atoms with Gasteiger partial charge >= 0.3 is 0 Å². The number of benzene rings is 1. The summed E-state index contributed by atoms with van der Waals surface area (Å²) in [6.07, 6.45) is 4.58. The van der Waals surface area contributed by atoms with Crippen LogP contribution in [0.2, 0.25) is 0 Å². The Balaban J connectivity index is 1.99. The highest BCUT2D eigenvalue weighted by molar-refractivity contribution is 6.04. The van der Waals surface area contributed by atoms with Gasteiger partial charge in [-0.3, -0.25) is 14.6 Å². The van der Waals surface area contributed by atoms with Crippen LogP contribution in [0, 0.1) is 0 Å². The maximum Gasteiger partial charge on any atom is 0.274 e. The van der Waals surface area contributed by atoms with E-state index in [4.69, 9.17) is 4.74 Å². The van der Waals surface area contributed by atoms with Crippen LogP contribution in [0.4, 0.5) is 5.69 Å². The summed E-state index contributed by atoms with van der Waals surface area (Å²) in [5.74, 6) is 0.140. The highest BCUT2D eigenvalue weighted by Crippen LogP contribution is 2.15. The zero-order valence-corrected chi connectivity index (χ0v) is 14.5. The first kappa shape index (κ1) is 18.4. The lowest BCUT2D eigenvalue weighted by Crippen LogP contribution is -2.25. The first-order chi connectivity index (χ1) is 12.1. The molecule has 0 aliphatic carbocycles. The first-order valence-electron chi connectivity index (χ1n) is 8.33. The summed E-state index contributed by atoms with van der Waals surface area (Å²) < 4.78 is 5.08.